The molecule has 1 amide bonds. The maximum absolute atomic E-state index is 11.7. The molecule has 1 unspecified atom stereocenters. The lowest BCUT2D eigenvalue weighted by atomic mass is 10.1. The first-order chi connectivity index (χ1) is 9.24. The van der Waals surface area contributed by atoms with E-state index in [0.717, 1.165) is 37.2 Å². The Kier molecular flexibility index (Phi) is 7.41. The number of rotatable bonds is 5. The highest BCUT2D eigenvalue weighted by Gasteiger charge is 2.14. The molecule has 0 radical (unpaired) electrons. The van der Waals surface area contributed by atoms with Crippen molar-refractivity contribution in [3.05, 3.63) is 29.8 Å². The molecule has 20 heavy (non-hydrogen) atoms. The molecule has 0 aliphatic carbocycles. The summed E-state index contributed by atoms with van der Waals surface area (Å²) in [5.74, 6) is 0.897. The van der Waals surface area contributed by atoms with E-state index in [4.69, 9.17) is 4.74 Å². The van der Waals surface area contributed by atoms with Gasteiger partial charge in [-0.1, -0.05) is 12.1 Å². The molecule has 1 aliphatic rings. The standard InChI is InChI=1S/C15H22N2O2.ClH/c1-12-4-2-6-14(10-12)19-9-7-15(18)17-13-5-3-8-16-11-13;/h2,4,6,10,13,16H,3,5,7-9,11H2,1H3,(H,17,18);1H. The number of ether oxygens (including phenoxy) is 1. The molecular weight excluding hydrogens is 276 g/mol. The van der Waals surface area contributed by atoms with E-state index in [2.05, 4.69) is 10.6 Å². The number of carbonyl (C=O) groups excluding carboxylic acids is 1. The Morgan fingerprint density at radius 2 is 2.35 bits per heavy atom. The number of piperidine rings is 1. The lowest BCUT2D eigenvalue weighted by Crippen LogP contribution is -2.45. The monoisotopic (exact) mass is 298 g/mol. The molecule has 1 heterocycles. The summed E-state index contributed by atoms with van der Waals surface area (Å²) >= 11 is 0. The summed E-state index contributed by atoms with van der Waals surface area (Å²) in [5.41, 5.74) is 1.16. The third-order valence-electron chi connectivity index (χ3n) is 3.25. The molecule has 0 spiro atoms. The summed E-state index contributed by atoms with van der Waals surface area (Å²) in [6.07, 6.45) is 2.60. The van der Waals surface area contributed by atoms with Crippen LogP contribution in [0.25, 0.3) is 0 Å². The molecule has 2 N–H and O–H groups in total. The minimum Gasteiger partial charge on any atom is -0.493 e. The molecule has 1 aromatic rings. The van der Waals surface area contributed by atoms with Crippen LogP contribution >= 0.6 is 12.4 Å². The van der Waals surface area contributed by atoms with Crippen molar-refractivity contribution in [1.29, 1.82) is 0 Å². The summed E-state index contributed by atoms with van der Waals surface area (Å²) < 4.78 is 5.57. The maximum atomic E-state index is 11.7. The van der Waals surface area contributed by atoms with Gasteiger partial charge in [-0.3, -0.25) is 4.79 Å². The van der Waals surface area contributed by atoms with E-state index in [0.29, 0.717) is 13.0 Å². The van der Waals surface area contributed by atoms with Crippen LogP contribution in [0.2, 0.25) is 0 Å². The van der Waals surface area contributed by atoms with Crippen LogP contribution in [-0.4, -0.2) is 31.6 Å². The third kappa shape index (κ3) is 5.80. The van der Waals surface area contributed by atoms with Gasteiger partial charge in [-0.05, 0) is 44.0 Å². The SMILES string of the molecule is Cc1cccc(OCCC(=O)NC2CCCNC2)c1.Cl. The van der Waals surface area contributed by atoms with E-state index in [-0.39, 0.29) is 24.4 Å². The zero-order valence-electron chi connectivity index (χ0n) is 11.9. The highest BCUT2D eigenvalue weighted by atomic mass is 35.5. The van der Waals surface area contributed by atoms with E-state index in [1.54, 1.807) is 0 Å². The smallest absolute Gasteiger partial charge is 0.223 e. The van der Waals surface area contributed by atoms with Crippen LogP contribution in [0.1, 0.15) is 24.8 Å². The van der Waals surface area contributed by atoms with Crippen LogP contribution in [0.4, 0.5) is 0 Å². The normalized spacial score (nSPS) is 17.9. The Labute approximate surface area is 126 Å². The number of aryl methyl sites for hydroxylation is 1. The van der Waals surface area contributed by atoms with Crippen molar-refractivity contribution in [2.24, 2.45) is 0 Å². The Hall–Kier alpha value is -1.26. The fourth-order valence-electron chi connectivity index (χ4n) is 2.24. The van der Waals surface area contributed by atoms with Gasteiger partial charge in [0.2, 0.25) is 5.91 Å². The molecule has 1 aliphatic heterocycles. The van der Waals surface area contributed by atoms with Crippen LogP contribution in [0.15, 0.2) is 24.3 Å². The lowest BCUT2D eigenvalue weighted by molar-refractivity contribution is -0.122. The average Bonchev–Trinajstić information content (AvgIpc) is 2.40. The van der Waals surface area contributed by atoms with E-state index in [9.17, 15) is 4.79 Å². The first kappa shape index (κ1) is 16.8. The molecule has 0 saturated carbocycles. The maximum Gasteiger partial charge on any atom is 0.223 e. The first-order valence-electron chi connectivity index (χ1n) is 6.93. The molecule has 112 valence electrons. The van der Waals surface area contributed by atoms with Crippen LogP contribution in [-0.2, 0) is 4.79 Å². The largest absolute Gasteiger partial charge is 0.493 e. The van der Waals surface area contributed by atoms with Crippen LogP contribution < -0.4 is 15.4 Å². The van der Waals surface area contributed by atoms with Crippen molar-refractivity contribution in [1.82, 2.24) is 10.6 Å². The molecule has 1 aromatic carbocycles. The van der Waals surface area contributed by atoms with Crippen LogP contribution in [0.5, 0.6) is 5.75 Å². The van der Waals surface area contributed by atoms with Gasteiger partial charge >= 0.3 is 0 Å². The summed E-state index contributed by atoms with van der Waals surface area (Å²) in [5, 5.41) is 6.32. The number of benzene rings is 1. The fourth-order valence-corrected chi connectivity index (χ4v) is 2.24. The number of halogens is 1. The Bertz CT molecular complexity index is 420. The average molecular weight is 299 g/mol. The second-order valence-corrected chi connectivity index (χ2v) is 5.03. The molecule has 0 bridgehead atoms. The third-order valence-corrected chi connectivity index (χ3v) is 3.25. The van der Waals surface area contributed by atoms with Crippen molar-refractivity contribution >= 4 is 18.3 Å². The summed E-state index contributed by atoms with van der Waals surface area (Å²) in [7, 11) is 0. The zero-order valence-corrected chi connectivity index (χ0v) is 12.7. The van der Waals surface area contributed by atoms with Gasteiger partial charge in [0.1, 0.15) is 5.75 Å². The molecular formula is C15H23ClN2O2. The van der Waals surface area contributed by atoms with E-state index in [1.807, 2.05) is 31.2 Å². The molecule has 4 nitrogen and oxygen atoms in total. The van der Waals surface area contributed by atoms with Crippen molar-refractivity contribution in [2.75, 3.05) is 19.7 Å². The zero-order chi connectivity index (χ0) is 13.5. The van der Waals surface area contributed by atoms with Crippen molar-refractivity contribution in [3.63, 3.8) is 0 Å². The lowest BCUT2D eigenvalue weighted by Gasteiger charge is -2.23. The highest BCUT2D eigenvalue weighted by molar-refractivity contribution is 5.85. The molecule has 2 rings (SSSR count). The van der Waals surface area contributed by atoms with Crippen molar-refractivity contribution in [2.45, 2.75) is 32.2 Å². The topological polar surface area (TPSA) is 50.4 Å². The molecule has 1 fully saturated rings. The Morgan fingerprint density at radius 3 is 3.05 bits per heavy atom. The van der Waals surface area contributed by atoms with Gasteiger partial charge in [-0.25, -0.2) is 0 Å². The van der Waals surface area contributed by atoms with E-state index >= 15 is 0 Å². The molecule has 0 aromatic heterocycles. The Balaban J connectivity index is 0.00000200. The van der Waals surface area contributed by atoms with Crippen molar-refractivity contribution < 1.29 is 9.53 Å². The second-order valence-electron chi connectivity index (χ2n) is 5.03. The van der Waals surface area contributed by atoms with Gasteiger partial charge in [-0.2, -0.15) is 0 Å². The van der Waals surface area contributed by atoms with E-state index < -0.39 is 0 Å². The molecule has 5 heteroatoms. The van der Waals surface area contributed by atoms with Gasteiger partial charge in [0.15, 0.2) is 0 Å². The number of carbonyl (C=O) groups is 1. The Morgan fingerprint density at radius 1 is 1.50 bits per heavy atom. The molecule has 1 saturated heterocycles. The second kappa shape index (κ2) is 8.82. The van der Waals surface area contributed by atoms with Gasteiger partial charge < -0.3 is 15.4 Å². The van der Waals surface area contributed by atoms with Gasteiger partial charge in [-0.15, -0.1) is 12.4 Å². The van der Waals surface area contributed by atoms with Gasteiger partial charge in [0, 0.05) is 12.6 Å². The number of nitrogens with one attached hydrogen (secondary N) is 2. The number of hydrogen-bond donors (Lipinski definition) is 2. The quantitative estimate of drug-likeness (QED) is 0.875. The number of amides is 1. The first-order valence-corrected chi connectivity index (χ1v) is 6.93. The predicted molar refractivity (Wildman–Crippen MR) is 82.6 cm³/mol. The minimum absolute atomic E-state index is 0. The predicted octanol–water partition coefficient (Wildman–Crippen LogP) is 2.05. The fraction of sp³-hybridized carbons (Fsp3) is 0.533. The highest BCUT2D eigenvalue weighted by Crippen LogP contribution is 2.12. The van der Waals surface area contributed by atoms with E-state index in [1.165, 1.54) is 0 Å². The van der Waals surface area contributed by atoms with Crippen molar-refractivity contribution in [3.8, 4) is 5.75 Å². The summed E-state index contributed by atoms with van der Waals surface area (Å²) in [6, 6.07) is 8.15. The summed E-state index contributed by atoms with van der Waals surface area (Å²) in [4.78, 5) is 11.7. The molecule has 1 atom stereocenters. The van der Waals surface area contributed by atoms with Crippen LogP contribution in [0, 0.1) is 6.92 Å². The summed E-state index contributed by atoms with van der Waals surface area (Å²) in [6.45, 7) is 4.39. The van der Waals surface area contributed by atoms with Gasteiger partial charge in [0.25, 0.3) is 0 Å². The van der Waals surface area contributed by atoms with Crippen LogP contribution in [0.3, 0.4) is 0 Å². The van der Waals surface area contributed by atoms with Gasteiger partial charge in [0.05, 0.1) is 13.0 Å². The minimum atomic E-state index is 0. The number of hydrogen-bond acceptors (Lipinski definition) is 3.